The smallest absolute Gasteiger partial charge is 0.273 e. The number of nitro groups is 1. The highest BCUT2D eigenvalue weighted by atomic mass is 16.6. The van der Waals surface area contributed by atoms with Gasteiger partial charge in [-0.15, -0.1) is 0 Å². The molecule has 0 fully saturated rings. The van der Waals surface area contributed by atoms with E-state index in [1.807, 2.05) is 12.1 Å². The van der Waals surface area contributed by atoms with Gasteiger partial charge < -0.3 is 19.3 Å². The molecule has 0 aromatic heterocycles. The Morgan fingerprint density at radius 2 is 1.89 bits per heavy atom. The second-order valence-corrected chi connectivity index (χ2v) is 6.68. The van der Waals surface area contributed by atoms with Crippen molar-refractivity contribution >= 4 is 5.69 Å². The predicted octanol–water partition coefficient (Wildman–Crippen LogP) is 2.41. The molecule has 0 aliphatic carbocycles. The quantitative estimate of drug-likeness (QED) is 0.548. The lowest BCUT2D eigenvalue weighted by Gasteiger charge is -2.31. The summed E-state index contributed by atoms with van der Waals surface area (Å²) < 4.78 is 16.2. The Morgan fingerprint density at radius 1 is 1.18 bits per heavy atom. The first-order chi connectivity index (χ1) is 13.5. The lowest BCUT2D eigenvalue weighted by atomic mass is 9.98. The summed E-state index contributed by atoms with van der Waals surface area (Å²) in [7, 11) is 3.23. The molecule has 0 saturated carbocycles. The highest BCUT2D eigenvalue weighted by Gasteiger charge is 2.21. The summed E-state index contributed by atoms with van der Waals surface area (Å²) in [6.07, 6.45) is 0.148. The number of β-amino-alcohol motifs (C(OH)–C–C–N with tert-alkyl or cyclic N) is 1. The Labute approximate surface area is 163 Å². The molecule has 150 valence electrons. The number of hydrogen-bond acceptors (Lipinski definition) is 7. The number of nitrogens with zero attached hydrogens (tertiary/aromatic N) is 2. The number of benzene rings is 2. The standard InChI is InChI=1S/C20H24N2O6/c1-26-19-8-14-6-7-21(11-15(14)9-20(19)27-2)12-17(23)13-28-18-5-3-4-16(10-18)22(24)25/h3-5,8-10,17,23H,6-7,11-13H2,1-2H3/t17-/m1/s1. The van der Waals surface area contributed by atoms with Gasteiger partial charge in [0.25, 0.3) is 5.69 Å². The normalized spacial score (nSPS) is 14.8. The van der Waals surface area contributed by atoms with E-state index < -0.39 is 11.0 Å². The summed E-state index contributed by atoms with van der Waals surface area (Å²) in [5, 5.41) is 21.1. The molecule has 0 amide bonds. The fraction of sp³-hybridized carbons (Fsp3) is 0.400. The van der Waals surface area contributed by atoms with Crippen LogP contribution in [-0.2, 0) is 13.0 Å². The van der Waals surface area contributed by atoms with Crippen molar-refractivity contribution in [3.05, 3.63) is 57.6 Å². The molecule has 3 rings (SSSR count). The van der Waals surface area contributed by atoms with E-state index in [1.165, 1.54) is 17.7 Å². The molecule has 1 aliphatic heterocycles. The summed E-state index contributed by atoms with van der Waals surface area (Å²) in [6, 6.07) is 9.93. The van der Waals surface area contributed by atoms with Gasteiger partial charge in [-0.3, -0.25) is 15.0 Å². The molecular weight excluding hydrogens is 364 g/mol. The van der Waals surface area contributed by atoms with Crippen LogP contribution in [-0.4, -0.2) is 54.9 Å². The molecule has 1 atom stereocenters. The Bertz CT molecular complexity index is 841. The van der Waals surface area contributed by atoms with Gasteiger partial charge in [0.15, 0.2) is 11.5 Å². The van der Waals surface area contributed by atoms with E-state index in [2.05, 4.69) is 4.90 Å². The number of aliphatic hydroxyl groups excluding tert-OH is 1. The molecule has 0 unspecified atom stereocenters. The van der Waals surface area contributed by atoms with Gasteiger partial charge in [0.1, 0.15) is 18.5 Å². The van der Waals surface area contributed by atoms with Gasteiger partial charge in [0.2, 0.25) is 0 Å². The van der Waals surface area contributed by atoms with Gasteiger partial charge >= 0.3 is 0 Å². The lowest BCUT2D eigenvalue weighted by Crippen LogP contribution is -2.38. The summed E-state index contributed by atoms with van der Waals surface area (Å²) in [4.78, 5) is 12.5. The Balaban J connectivity index is 1.56. The third-order valence-electron chi connectivity index (χ3n) is 4.74. The number of methoxy groups -OCH3 is 2. The zero-order valence-corrected chi connectivity index (χ0v) is 16.0. The van der Waals surface area contributed by atoms with E-state index in [1.54, 1.807) is 26.4 Å². The molecular formula is C20H24N2O6. The number of hydrogen-bond donors (Lipinski definition) is 1. The van der Waals surface area contributed by atoms with E-state index in [-0.39, 0.29) is 12.3 Å². The third-order valence-corrected chi connectivity index (χ3v) is 4.74. The van der Waals surface area contributed by atoms with Crippen molar-refractivity contribution in [2.45, 2.75) is 19.1 Å². The Morgan fingerprint density at radius 3 is 2.57 bits per heavy atom. The SMILES string of the molecule is COc1cc2c(cc1OC)CN(C[C@@H](O)COc1cccc([N+](=O)[O-])c1)CC2. The third kappa shape index (κ3) is 4.71. The average Bonchev–Trinajstić information content (AvgIpc) is 2.71. The van der Waals surface area contributed by atoms with Crippen LogP contribution in [0.25, 0.3) is 0 Å². The van der Waals surface area contributed by atoms with Crippen molar-refractivity contribution in [3.8, 4) is 17.2 Å². The molecule has 1 aliphatic rings. The second kappa shape index (κ2) is 8.90. The van der Waals surface area contributed by atoms with Crippen molar-refractivity contribution in [3.63, 3.8) is 0 Å². The largest absolute Gasteiger partial charge is 0.493 e. The fourth-order valence-corrected chi connectivity index (χ4v) is 3.33. The molecule has 0 spiro atoms. The summed E-state index contributed by atoms with van der Waals surface area (Å²) >= 11 is 0. The van der Waals surface area contributed by atoms with Gasteiger partial charge in [0.05, 0.1) is 25.2 Å². The maximum atomic E-state index is 10.8. The van der Waals surface area contributed by atoms with Crippen molar-refractivity contribution < 1.29 is 24.2 Å². The van der Waals surface area contributed by atoms with Crippen molar-refractivity contribution in [2.24, 2.45) is 0 Å². The second-order valence-electron chi connectivity index (χ2n) is 6.68. The summed E-state index contributed by atoms with van der Waals surface area (Å²) in [6.45, 7) is 2.03. The molecule has 1 heterocycles. The minimum atomic E-state index is -0.707. The average molecular weight is 388 g/mol. The first-order valence-electron chi connectivity index (χ1n) is 9.01. The lowest BCUT2D eigenvalue weighted by molar-refractivity contribution is -0.384. The number of nitro benzene ring substituents is 1. The van der Waals surface area contributed by atoms with Gasteiger partial charge in [-0.2, -0.15) is 0 Å². The Hall–Kier alpha value is -2.84. The first-order valence-corrected chi connectivity index (χ1v) is 9.01. The molecule has 2 aromatic rings. The van der Waals surface area contributed by atoms with Gasteiger partial charge in [-0.1, -0.05) is 6.07 Å². The van der Waals surface area contributed by atoms with Crippen LogP contribution in [0.2, 0.25) is 0 Å². The Kier molecular flexibility index (Phi) is 6.33. The van der Waals surface area contributed by atoms with Crippen LogP contribution < -0.4 is 14.2 Å². The highest BCUT2D eigenvalue weighted by Crippen LogP contribution is 2.33. The molecule has 0 bridgehead atoms. The molecule has 2 aromatic carbocycles. The minimum Gasteiger partial charge on any atom is -0.493 e. The predicted molar refractivity (Wildman–Crippen MR) is 103 cm³/mol. The van der Waals surface area contributed by atoms with Crippen LogP contribution >= 0.6 is 0 Å². The van der Waals surface area contributed by atoms with Crippen molar-refractivity contribution in [2.75, 3.05) is 33.9 Å². The maximum absolute atomic E-state index is 10.8. The summed E-state index contributed by atoms with van der Waals surface area (Å²) in [5.41, 5.74) is 2.33. The molecule has 8 heteroatoms. The van der Waals surface area contributed by atoms with Gasteiger partial charge in [0, 0.05) is 25.7 Å². The monoisotopic (exact) mass is 388 g/mol. The van der Waals surface area contributed by atoms with Crippen molar-refractivity contribution in [1.29, 1.82) is 0 Å². The summed E-state index contributed by atoms with van der Waals surface area (Å²) in [5.74, 6) is 1.78. The van der Waals surface area contributed by atoms with Gasteiger partial charge in [-0.25, -0.2) is 0 Å². The number of non-ortho nitro benzene ring substituents is 1. The minimum absolute atomic E-state index is 0.0380. The van der Waals surface area contributed by atoms with Crippen LogP contribution in [0.1, 0.15) is 11.1 Å². The van der Waals surface area contributed by atoms with E-state index in [9.17, 15) is 15.2 Å². The van der Waals surface area contributed by atoms with Crippen LogP contribution in [0.4, 0.5) is 5.69 Å². The van der Waals surface area contributed by atoms with Crippen LogP contribution in [0, 0.1) is 10.1 Å². The van der Waals surface area contributed by atoms with Gasteiger partial charge in [-0.05, 0) is 35.7 Å². The first kappa shape index (κ1) is 19.9. The number of fused-ring (bicyclic) bond motifs is 1. The van der Waals surface area contributed by atoms with E-state index >= 15 is 0 Å². The fourth-order valence-electron chi connectivity index (χ4n) is 3.33. The molecule has 0 radical (unpaired) electrons. The highest BCUT2D eigenvalue weighted by molar-refractivity contribution is 5.48. The topological polar surface area (TPSA) is 94.3 Å². The van der Waals surface area contributed by atoms with E-state index in [0.29, 0.717) is 24.6 Å². The van der Waals surface area contributed by atoms with Crippen molar-refractivity contribution in [1.82, 2.24) is 4.90 Å². The number of ether oxygens (including phenoxy) is 3. The molecule has 8 nitrogen and oxygen atoms in total. The number of aliphatic hydroxyl groups is 1. The maximum Gasteiger partial charge on any atom is 0.273 e. The molecule has 1 N–H and O–H groups in total. The van der Waals surface area contributed by atoms with E-state index in [0.717, 1.165) is 24.3 Å². The van der Waals surface area contributed by atoms with E-state index in [4.69, 9.17) is 14.2 Å². The van der Waals surface area contributed by atoms with Crippen LogP contribution in [0.15, 0.2) is 36.4 Å². The zero-order chi connectivity index (χ0) is 20.1. The molecule has 28 heavy (non-hydrogen) atoms. The number of rotatable bonds is 8. The van der Waals surface area contributed by atoms with Crippen LogP contribution in [0.5, 0.6) is 17.2 Å². The van der Waals surface area contributed by atoms with Crippen LogP contribution in [0.3, 0.4) is 0 Å². The molecule has 0 saturated heterocycles. The zero-order valence-electron chi connectivity index (χ0n) is 16.0.